The van der Waals surface area contributed by atoms with Crippen molar-refractivity contribution in [3.05, 3.63) is 83.0 Å². The van der Waals surface area contributed by atoms with Gasteiger partial charge >= 0.3 is 6.18 Å². The Morgan fingerprint density at radius 1 is 1.15 bits per heavy atom. The molecular weight excluding hydrogens is 455 g/mol. The molecule has 0 unspecified atom stereocenters. The van der Waals surface area contributed by atoms with Crippen LogP contribution < -0.4 is 10.2 Å². The molecule has 0 aliphatic carbocycles. The van der Waals surface area contributed by atoms with E-state index in [2.05, 4.69) is 20.6 Å². The van der Waals surface area contributed by atoms with Crippen molar-refractivity contribution in [2.45, 2.75) is 6.18 Å². The minimum absolute atomic E-state index is 0.0809. The highest BCUT2D eigenvalue weighted by Crippen LogP contribution is 2.34. The largest absolute Gasteiger partial charge is 0.497 e. The molecule has 168 valence electrons. The van der Waals surface area contributed by atoms with Crippen LogP contribution in [-0.4, -0.2) is 34.0 Å². The summed E-state index contributed by atoms with van der Waals surface area (Å²) < 4.78 is 46.7. The smallest absolute Gasteiger partial charge is 0.433 e. The Hall–Kier alpha value is -3.99. The van der Waals surface area contributed by atoms with Gasteiger partial charge in [0.15, 0.2) is 5.69 Å². The van der Waals surface area contributed by atoms with Crippen LogP contribution in [0.25, 0.3) is 16.4 Å². The van der Waals surface area contributed by atoms with Crippen molar-refractivity contribution in [1.29, 1.82) is 0 Å². The van der Waals surface area contributed by atoms with Gasteiger partial charge in [-0.25, -0.2) is 15.1 Å². The topological polar surface area (TPSA) is 81.4 Å². The molecule has 33 heavy (non-hydrogen) atoms. The van der Waals surface area contributed by atoms with Crippen molar-refractivity contribution in [3.63, 3.8) is 0 Å². The number of carbonyl (C=O) groups is 1. The number of hydrogen-bond donors (Lipinski definition) is 1. The van der Waals surface area contributed by atoms with Crippen LogP contribution in [0.2, 0.25) is 0 Å². The third kappa shape index (κ3) is 5.09. The minimum atomic E-state index is -4.66. The van der Waals surface area contributed by atoms with E-state index >= 15 is 0 Å². The van der Waals surface area contributed by atoms with Crippen molar-refractivity contribution in [2.24, 2.45) is 5.10 Å². The number of aromatic nitrogens is 3. The summed E-state index contributed by atoms with van der Waals surface area (Å²) in [5, 5.41) is 9.19. The number of halogens is 3. The minimum Gasteiger partial charge on any atom is -0.497 e. The van der Waals surface area contributed by atoms with E-state index in [4.69, 9.17) is 4.74 Å². The third-order valence-corrected chi connectivity index (χ3v) is 5.26. The summed E-state index contributed by atoms with van der Waals surface area (Å²) in [5.41, 5.74) is 2.60. The van der Waals surface area contributed by atoms with Gasteiger partial charge in [-0.05, 0) is 23.8 Å². The van der Waals surface area contributed by atoms with E-state index in [0.717, 1.165) is 17.4 Å². The van der Waals surface area contributed by atoms with Crippen LogP contribution in [-0.2, 0) is 6.18 Å². The van der Waals surface area contributed by atoms with Gasteiger partial charge in [-0.2, -0.15) is 23.4 Å². The lowest BCUT2D eigenvalue weighted by atomic mass is 10.1. The summed E-state index contributed by atoms with van der Waals surface area (Å²) in [4.78, 5) is 16.4. The second-order valence-electron chi connectivity index (χ2n) is 6.68. The highest BCUT2D eigenvalue weighted by molar-refractivity contribution is 7.12. The summed E-state index contributed by atoms with van der Waals surface area (Å²) >= 11 is 0.865. The number of rotatable bonds is 6. The van der Waals surface area contributed by atoms with Crippen LogP contribution in [0.15, 0.2) is 71.1 Å². The summed E-state index contributed by atoms with van der Waals surface area (Å²) in [6, 6.07) is 16.5. The highest BCUT2D eigenvalue weighted by atomic mass is 32.1. The molecule has 0 fully saturated rings. The molecule has 4 aromatic rings. The van der Waals surface area contributed by atoms with Gasteiger partial charge in [0.25, 0.3) is 5.91 Å². The maximum Gasteiger partial charge on any atom is 0.433 e. The first kappa shape index (κ1) is 22.2. The fraction of sp³-hybridized carbons (Fsp3) is 0.0909. The lowest BCUT2D eigenvalue weighted by Crippen LogP contribution is -2.18. The third-order valence-electron chi connectivity index (χ3n) is 4.45. The Morgan fingerprint density at radius 2 is 1.94 bits per heavy atom. The average Bonchev–Trinajstić information content (AvgIpc) is 3.47. The Morgan fingerprint density at radius 3 is 2.67 bits per heavy atom. The van der Waals surface area contributed by atoms with Crippen LogP contribution in [0.3, 0.4) is 0 Å². The number of amides is 1. The zero-order valence-corrected chi connectivity index (χ0v) is 17.9. The summed E-state index contributed by atoms with van der Waals surface area (Å²) in [5.74, 6) is -0.0374. The molecule has 11 heteroatoms. The molecule has 0 aliphatic rings. The predicted molar refractivity (Wildman–Crippen MR) is 118 cm³/mol. The zero-order chi connectivity index (χ0) is 23.4. The molecule has 0 saturated heterocycles. The first-order chi connectivity index (χ1) is 15.8. The number of hydrazone groups is 1. The van der Waals surface area contributed by atoms with E-state index in [1.807, 2.05) is 0 Å². The molecule has 0 aliphatic heterocycles. The van der Waals surface area contributed by atoms with Gasteiger partial charge in [-0.1, -0.05) is 42.5 Å². The number of alkyl halides is 3. The first-order valence-electron chi connectivity index (χ1n) is 9.51. The van der Waals surface area contributed by atoms with E-state index in [0.29, 0.717) is 21.6 Å². The van der Waals surface area contributed by atoms with Gasteiger partial charge in [0, 0.05) is 10.9 Å². The lowest BCUT2D eigenvalue weighted by Gasteiger charge is -2.06. The number of nitrogens with one attached hydrogen (secondary N) is 1. The Bertz CT molecular complexity index is 1300. The SMILES string of the molecule is COc1cccc(C=NNC(=O)c2csc(-n3nc(-c4ccccc4)cc3C(F)(F)F)n2)c1. The van der Waals surface area contributed by atoms with Crippen molar-refractivity contribution >= 4 is 23.5 Å². The van der Waals surface area contributed by atoms with Crippen LogP contribution >= 0.6 is 11.3 Å². The van der Waals surface area contributed by atoms with Gasteiger partial charge in [0.2, 0.25) is 5.13 Å². The quantitative estimate of drug-likeness (QED) is 0.324. The molecule has 0 saturated carbocycles. The summed E-state index contributed by atoms with van der Waals surface area (Å²) in [6.45, 7) is 0. The molecule has 2 heterocycles. The number of ether oxygens (including phenoxy) is 1. The van der Waals surface area contributed by atoms with Gasteiger partial charge in [-0.15, -0.1) is 11.3 Å². The van der Waals surface area contributed by atoms with Gasteiger partial charge in [0.05, 0.1) is 19.0 Å². The zero-order valence-electron chi connectivity index (χ0n) is 17.1. The summed E-state index contributed by atoms with van der Waals surface area (Å²) in [7, 11) is 1.53. The van der Waals surface area contributed by atoms with Gasteiger partial charge in [-0.3, -0.25) is 4.79 Å². The van der Waals surface area contributed by atoms with E-state index in [-0.39, 0.29) is 16.5 Å². The van der Waals surface area contributed by atoms with Crippen molar-refractivity contribution in [2.75, 3.05) is 7.11 Å². The fourth-order valence-electron chi connectivity index (χ4n) is 2.89. The second-order valence-corrected chi connectivity index (χ2v) is 7.52. The number of hydrogen-bond acceptors (Lipinski definition) is 6. The summed E-state index contributed by atoms with van der Waals surface area (Å²) in [6.07, 6.45) is -3.25. The van der Waals surface area contributed by atoms with Gasteiger partial charge < -0.3 is 4.74 Å². The van der Waals surface area contributed by atoms with Crippen molar-refractivity contribution in [1.82, 2.24) is 20.2 Å². The standard InChI is InChI=1S/C22H16F3N5O2S/c1-32-16-9-5-6-14(10-16)12-26-28-20(31)18-13-33-21(27-18)30-19(22(23,24)25)11-17(29-30)15-7-3-2-4-8-15/h2-13H,1H3,(H,28,31). The highest BCUT2D eigenvalue weighted by Gasteiger charge is 2.37. The second kappa shape index (κ2) is 9.25. The predicted octanol–water partition coefficient (Wildman–Crippen LogP) is 4.79. The first-order valence-corrected chi connectivity index (χ1v) is 10.4. The number of carbonyl (C=O) groups excluding carboxylic acids is 1. The Balaban J connectivity index is 1.55. The fourth-order valence-corrected chi connectivity index (χ4v) is 3.66. The Labute approximate surface area is 190 Å². The normalized spacial score (nSPS) is 11.6. The number of nitrogens with zero attached hydrogens (tertiary/aromatic N) is 4. The van der Waals surface area contributed by atoms with Crippen LogP contribution in [0.1, 0.15) is 21.7 Å². The molecule has 0 atom stereocenters. The van der Waals surface area contributed by atoms with Crippen LogP contribution in [0.5, 0.6) is 5.75 Å². The Kier molecular flexibility index (Phi) is 6.22. The van der Waals surface area contributed by atoms with Crippen LogP contribution in [0, 0.1) is 0 Å². The van der Waals surface area contributed by atoms with E-state index in [9.17, 15) is 18.0 Å². The number of benzene rings is 2. The van der Waals surface area contributed by atoms with Crippen LogP contribution in [0.4, 0.5) is 13.2 Å². The van der Waals surface area contributed by atoms with Crippen molar-refractivity contribution < 1.29 is 22.7 Å². The molecule has 0 radical (unpaired) electrons. The lowest BCUT2D eigenvalue weighted by molar-refractivity contribution is -0.142. The molecular formula is C22H16F3N5O2S. The maximum atomic E-state index is 13.6. The van der Waals surface area contributed by atoms with Crippen molar-refractivity contribution in [3.8, 4) is 22.1 Å². The monoisotopic (exact) mass is 471 g/mol. The van der Waals surface area contributed by atoms with E-state index < -0.39 is 17.8 Å². The molecule has 4 rings (SSSR count). The van der Waals surface area contributed by atoms with E-state index in [1.54, 1.807) is 54.6 Å². The molecule has 2 aromatic carbocycles. The molecule has 1 amide bonds. The molecule has 1 N–H and O–H groups in total. The molecule has 0 bridgehead atoms. The maximum absolute atomic E-state index is 13.6. The average molecular weight is 471 g/mol. The molecule has 7 nitrogen and oxygen atoms in total. The number of methoxy groups -OCH3 is 1. The van der Waals surface area contributed by atoms with E-state index in [1.165, 1.54) is 18.7 Å². The molecule has 0 spiro atoms. The number of thiazole rings is 1. The molecule has 2 aromatic heterocycles. The van der Waals surface area contributed by atoms with Gasteiger partial charge in [0.1, 0.15) is 11.4 Å².